The van der Waals surface area contributed by atoms with Crippen LogP contribution >= 0.6 is 19.4 Å². The van der Waals surface area contributed by atoms with E-state index in [1.54, 1.807) is 0 Å². The van der Waals surface area contributed by atoms with Gasteiger partial charge in [-0.05, 0) is 92.1 Å². The average molecular weight is 927 g/mol. The first-order chi connectivity index (χ1) is 27.3. The number of carbonyl (C=O) groups excluding carboxylic acids is 1. The van der Waals surface area contributed by atoms with E-state index in [1.165, 1.54) is 18.2 Å². The number of ketones is 1. The number of hydrogen-bond donors (Lipinski definition) is 9. The molecule has 0 amide bonds. The minimum atomic E-state index is -0.931. The van der Waals surface area contributed by atoms with Crippen molar-refractivity contribution in [1.82, 2.24) is 0 Å². The van der Waals surface area contributed by atoms with E-state index in [2.05, 4.69) is 41.5 Å². The number of carbonyl (C=O) groups is 2. The topological polar surface area (TPSA) is 216 Å². The number of hydrogen-bond acceptors (Lipinski definition) is 10. The number of aliphatic carboxylic acids is 1. The van der Waals surface area contributed by atoms with E-state index in [4.69, 9.17) is 39.8 Å². The molecule has 0 unspecified atom stereocenters. The first-order valence-corrected chi connectivity index (χ1v) is 27.1. The van der Waals surface area contributed by atoms with Crippen molar-refractivity contribution in [2.24, 2.45) is 0 Å². The van der Waals surface area contributed by atoms with Crippen LogP contribution < -0.4 is 0 Å². The second kappa shape index (κ2) is 21.9. The van der Waals surface area contributed by atoms with Crippen LogP contribution in [0.2, 0.25) is 0 Å². The van der Waals surface area contributed by atoms with Gasteiger partial charge in [-0.2, -0.15) is 0 Å². The molecule has 9 N–H and O–H groups in total. The molecule has 0 aliphatic heterocycles. The number of phenolic OH excluding ortho intramolecular Hbond substituents is 8. The molecule has 0 atom stereocenters. The first-order valence-electron chi connectivity index (χ1n) is 19.3. The number of Topliss-reactive ketones (excluding diaryl/α,β-unsaturated/α-hetero) is 1. The number of phenols is 8. The number of aryl methyl sites for hydroxylation is 2. The number of rotatable bonds is 7. The molecule has 11 nitrogen and oxygen atoms in total. The predicted octanol–water partition coefficient (Wildman–Crippen LogP) is 11.1. The van der Waals surface area contributed by atoms with Crippen molar-refractivity contribution >= 4 is 31.1 Å². The zero-order chi connectivity index (χ0) is 46.7. The number of carboxylic acids is 1. The third-order valence-electron chi connectivity index (χ3n) is 9.22. The third-order valence-corrected chi connectivity index (χ3v) is 9.22. The third kappa shape index (κ3) is 16.2. The molecule has 60 heavy (non-hydrogen) atoms. The van der Waals surface area contributed by atoms with Crippen LogP contribution in [0.5, 0.6) is 46.0 Å². The molecule has 0 aliphatic rings. The Morgan fingerprint density at radius 1 is 0.483 bits per heavy atom. The van der Waals surface area contributed by atoms with Crippen LogP contribution in [0.15, 0.2) is 54.6 Å². The molecule has 4 aromatic rings. The summed E-state index contributed by atoms with van der Waals surface area (Å²) in [5.74, 6) is -3.22. The summed E-state index contributed by atoms with van der Waals surface area (Å²) in [5.41, 5.74) is 4.62. The minimum absolute atomic E-state index is 0.109. The standard InChI is InChI=1S/C23H30O5.C17H26O3.C6H6O3.2ClH.Zn/c1-22(2,3)15-9-13(10-16(20(15)27)23(4,5)6)7-8-17(24)14-11-18(25)21(28)19(26)12-14;1-16(2,3)12-9-11(7-8-14(18)19)10-13(15(12)20)17(4,5)6;7-4-2-1-3-5(8)6(4)9;;;/h9-12,25-28H,7-8H2,1-6H3;9-10,20H,7-8H2,1-6H3,(H,18,19);1-3,7-9H;2*1H;/q;;;;;+2/p-2. The van der Waals surface area contributed by atoms with E-state index in [9.17, 15) is 35.1 Å². The molecular weight excluding hydrogens is 865 g/mol. The summed E-state index contributed by atoms with van der Waals surface area (Å²) in [6, 6.07) is 14.0. The number of para-hydroxylation sites is 1. The van der Waals surface area contributed by atoms with E-state index in [-0.39, 0.29) is 57.3 Å². The van der Waals surface area contributed by atoms with Gasteiger partial charge in [0.25, 0.3) is 0 Å². The molecule has 0 aromatic heterocycles. The van der Waals surface area contributed by atoms with Crippen LogP contribution in [0.25, 0.3) is 0 Å². The normalized spacial score (nSPS) is 11.4. The van der Waals surface area contributed by atoms with E-state index in [0.717, 1.165) is 45.5 Å². The molecule has 0 aliphatic carbocycles. The second-order valence-electron chi connectivity index (χ2n) is 18.5. The molecular formula is C46H62Cl2O11Zn. The van der Waals surface area contributed by atoms with Crippen LogP contribution in [0.1, 0.15) is 140 Å². The van der Waals surface area contributed by atoms with Crippen LogP contribution in [0, 0.1) is 0 Å². The fraction of sp³-hybridized carbons (Fsp3) is 0.435. The van der Waals surface area contributed by atoms with Crippen molar-refractivity contribution in [3.63, 3.8) is 0 Å². The Morgan fingerprint density at radius 2 is 0.767 bits per heavy atom. The summed E-state index contributed by atoms with van der Waals surface area (Å²) in [6.07, 6.45) is 1.22. The maximum absolute atomic E-state index is 12.5. The zero-order valence-corrected chi connectivity index (χ0v) is 41.3. The number of benzene rings is 4. The summed E-state index contributed by atoms with van der Waals surface area (Å²) in [5, 5.41) is 84.9. The first kappa shape index (κ1) is 53.6. The van der Waals surface area contributed by atoms with Crippen LogP contribution in [-0.2, 0) is 54.4 Å². The molecule has 0 bridgehead atoms. The summed E-state index contributed by atoms with van der Waals surface area (Å²) in [4.78, 5) is 23.3. The zero-order valence-electron chi connectivity index (χ0n) is 36.8. The van der Waals surface area contributed by atoms with Gasteiger partial charge in [-0.1, -0.05) is 113 Å². The molecule has 14 heteroatoms. The molecule has 0 heterocycles. The van der Waals surface area contributed by atoms with Crippen LogP contribution in [-0.4, -0.2) is 57.7 Å². The molecule has 4 rings (SSSR count). The van der Waals surface area contributed by atoms with Crippen molar-refractivity contribution in [3.8, 4) is 46.0 Å². The van der Waals surface area contributed by atoms with Crippen molar-refractivity contribution in [2.75, 3.05) is 0 Å². The van der Waals surface area contributed by atoms with Gasteiger partial charge in [-0.25, -0.2) is 0 Å². The van der Waals surface area contributed by atoms with Crippen molar-refractivity contribution < 1.29 is 70.7 Å². The summed E-state index contributed by atoms with van der Waals surface area (Å²) >= 11 is -0.931. The van der Waals surface area contributed by atoms with Crippen LogP contribution in [0.3, 0.4) is 0 Å². The number of carboxylic acid groups (broad SMARTS) is 1. The van der Waals surface area contributed by atoms with E-state index in [0.29, 0.717) is 24.3 Å². The maximum atomic E-state index is 12.5. The molecule has 0 fully saturated rings. The quantitative estimate of drug-likeness (QED) is 0.0483. The van der Waals surface area contributed by atoms with Gasteiger partial charge in [0.15, 0.2) is 40.3 Å². The Balaban J connectivity index is 0.000000485. The average Bonchev–Trinajstić information content (AvgIpc) is 3.10. The fourth-order valence-corrected chi connectivity index (χ4v) is 5.90. The second-order valence-corrected chi connectivity index (χ2v) is 23.1. The monoisotopic (exact) mass is 924 g/mol. The van der Waals surface area contributed by atoms with Gasteiger partial charge in [0.05, 0.1) is 0 Å². The van der Waals surface area contributed by atoms with Gasteiger partial charge in [-0.15, -0.1) is 0 Å². The van der Waals surface area contributed by atoms with Crippen LogP contribution in [0.4, 0.5) is 0 Å². The summed E-state index contributed by atoms with van der Waals surface area (Å²) < 4.78 is 0. The van der Waals surface area contributed by atoms with Gasteiger partial charge in [0, 0.05) is 18.4 Å². The fourth-order valence-electron chi connectivity index (χ4n) is 5.90. The Labute approximate surface area is 370 Å². The molecule has 0 saturated heterocycles. The number of halogens is 2. The van der Waals surface area contributed by atoms with Crippen molar-refractivity contribution in [3.05, 3.63) is 93.5 Å². The van der Waals surface area contributed by atoms with Gasteiger partial charge >= 0.3 is 40.5 Å². The Bertz CT molecular complexity index is 1970. The van der Waals surface area contributed by atoms with Crippen molar-refractivity contribution in [1.29, 1.82) is 0 Å². The van der Waals surface area contributed by atoms with E-state index >= 15 is 0 Å². The Kier molecular flexibility index (Phi) is 19.6. The van der Waals surface area contributed by atoms with Crippen molar-refractivity contribution in [2.45, 2.75) is 130 Å². The molecule has 0 radical (unpaired) electrons. The van der Waals surface area contributed by atoms with E-state index < -0.39 is 44.1 Å². The van der Waals surface area contributed by atoms with Gasteiger partial charge in [-0.3, -0.25) is 9.59 Å². The van der Waals surface area contributed by atoms with E-state index in [1.807, 2.05) is 65.8 Å². The van der Waals surface area contributed by atoms with Gasteiger partial charge < -0.3 is 46.0 Å². The molecule has 328 valence electrons. The molecule has 4 aromatic carbocycles. The number of aromatic hydroxyl groups is 8. The van der Waals surface area contributed by atoms with Gasteiger partial charge in [0.2, 0.25) is 0 Å². The summed E-state index contributed by atoms with van der Waals surface area (Å²) in [6.45, 7) is 24.5. The summed E-state index contributed by atoms with van der Waals surface area (Å²) in [7, 11) is 9.90. The molecule has 0 saturated carbocycles. The Hall–Kier alpha value is -4.38. The van der Waals surface area contributed by atoms with Gasteiger partial charge in [0.1, 0.15) is 11.5 Å². The molecule has 0 spiro atoms. The Morgan fingerprint density at radius 3 is 1.03 bits per heavy atom. The predicted molar refractivity (Wildman–Crippen MR) is 234 cm³/mol. The SMILES string of the molecule is CC(C)(C)c1cc(CCC(=O)O)cc(C(C)(C)C)c1O.CC(C)(C)c1cc(CCC(=O)c2cc(O)c(O)c(O)c2)cc(C(C)(C)C)c1O.Oc1cccc(O)c1O.[Cl][Zn][Cl].